The maximum Gasteiger partial charge on any atom is 0.137 e. The van der Waals surface area contributed by atoms with E-state index in [1.165, 1.54) is 41.5 Å². The molecule has 0 spiro atoms. The predicted molar refractivity (Wildman–Crippen MR) is 77.9 cm³/mol. The van der Waals surface area contributed by atoms with Crippen LogP contribution in [0.5, 0.6) is 0 Å². The Morgan fingerprint density at radius 3 is 0.500 bits per heavy atom. The van der Waals surface area contributed by atoms with Crippen LogP contribution >= 0.6 is 0 Å². The maximum atomic E-state index is 10.0. The maximum absolute atomic E-state index is 10.0. The van der Waals surface area contributed by atoms with E-state index in [2.05, 4.69) is 0 Å². The minimum atomic E-state index is -0.0625. The topological polar surface area (TPSA) is 102 Å². The molecule has 131 valence electrons. The number of Topliss-reactive ketones (excluding diaryl/α,β-unsaturated/α-hetero) is 6. The van der Waals surface area contributed by atoms with Crippen molar-refractivity contribution in [3.63, 3.8) is 0 Å². The number of rotatable bonds is 6. The van der Waals surface area contributed by atoms with Crippen LogP contribution in [-0.2, 0) is 45.8 Å². The molecule has 0 saturated carbocycles. The van der Waals surface area contributed by atoms with Crippen LogP contribution < -0.4 is 0 Å². The second kappa shape index (κ2) is 17.6. The largest absolute Gasteiger partial charge is 0.300 e. The average Bonchev–Trinajstić information content (AvgIpc) is 2.10. The molecule has 0 rings (SSSR count). The predicted octanol–water partition coefficient (Wildman–Crippen LogP) is 1.66. The molecule has 6 nitrogen and oxygen atoms in total. The third-order valence-electron chi connectivity index (χ3n) is 1.49. The number of carbonyl (C=O) groups excluding carboxylic acids is 6. The summed E-state index contributed by atoms with van der Waals surface area (Å²) >= 11 is 0. The van der Waals surface area contributed by atoms with Crippen molar-refractivity contribution in [2.24, 2.45) is 0 Å². The minimum Gasteiger partial charge on any atom is -0.300 e. The van der Waals surface area contributed by atoms with Crippen LogP contribution in [0, 0.1) is 0 Å². The van der Waals surface area contributed by atoms with Crippen LogP contribution in [0.3, 0.4) is 0 Å². The van der Waals surface area contributed by atoms with Gasteiger partial charge in [-0.2, -0.15) is 0 Å². The third kappa shape index (κ3) is 51.3. The van der Waals surface area contributed by atoms with Gasteiger partial charge in [0, 0.05) is 17.1 Å². The Hall–Kier alpha value is -1.46. The third-order valence-corrected chi connectivity index (χ3v) is 1.49. The van der Waals surface area contributed by atoms with E-state index >= 15 is 0 Å². The molecule has 0 heterocycles. The molecule has 0 unspecified atom stereocenters. The van der Waals surface area contributed by atoms with Crippen LogP contribution in [0.25, 0.3) is 0 Å². The summed E-state index contributed by atoms with van der Waals surface area (Å²) < 4.78 is 0. The van der Waals surface area contributed by atoms with E-state index in [-0.39, 0.29) is 71.0 Å². The molecule has 0 bridgehead atoms. The van der Waals surface area contributed by atoms with E-state index < -0.39 is 0 Å². The summed E-state index contributed by atoms with van der Waals surface area (Å²) in [5.41, 5.74) is 0. The molecular formula is C15H24CuO6. The van der Waals surface area contributed by atoms with E-state index in [4.69, 9.17) is 0 Å². The Labute approximate surface area is 141 Å². The first-order chi connectivity index (χ1) is 9.38. The molecule has 0 atom stereocenters. The molecule has 1 radical (unpaired) electrons. The van der Waals surface area contributed by atoms with Crippen molar-refractivity contribution in [2.45, 2.75) is 60.8 Å². The Morgan fingerprint density at radius 1 is 0.409 bits per heavy atom. The van der Waals surface area contributed by atoms with Gasteiger partial charge in [-0.25, -0.2) is 0 Å². The first-order valence-electron chi connectivity index (χ1n) is 6.35. The fourth-order valence-electron chi connectivity index (χ4n) is 1.05. The molecule has 7 heteroatoms. The zero-order valence-electron chi connectivity index (χ0n) is 13.9. The zero-order valence-corrected chi connectivity index (χ0v) is 14.8. The number of hydrogen-bond donors (Lipinski definition) is 0. The van der Waals surface area contributed by atoms with E-state index in [0.29, 0.717) is 0 Å². The van der Waals surface area contributed by atoms with Crippen LogP contribution in [0.15, 0.2) is 0 Å². The van der Waals surface area contributed by atoms with Gasteiger partial charge in [-0.15, -0.1) is 0 Å². The fourth-order valence-corrected chi connectivity index (χ4v) is 1.05. The van der Waals surface area contributed by atoms with Gasteiger partial charge in [0.1, 0.15) is 34.7 Å². The zero-order chi connectivity index (χ0) is 17.6. The van der Waals surface area contributed by atoms with Gasteiger partial charge in [0.2, 0.25) is 0 Å². The minimum absolute atomic E-state index is 0. The number of hydrogen-bond acceptors (Lipinski definition) is 6. The summed E-state index contributed by atoms with van der Waals surface area (Å²) in [5.74, 6) is -0.375. The van der Waals surface area contributed by atoms with Crippen molar-refractivity contribution >= 4 is 34.7 Å². The summed E-state index contributed by atoms with van der Waals surface area (Å²) in [6.45, 7) is 8.42. The monoisotopic (exact) mass is 363 g/mol. The first-order valence-corrected chi connectivity index (χ1v) is 6.35. The first kappa shape index (κ1) is 28.7. The summed E-state index contributed by atoms with van der Waals surface area (Å²) in [5, 5.41) is 0. The standard InChI is InChI=1S/3C5H8O2.Cu/c3*1-4(6)3-5(2)7;/h3*3H2,1-2H3;. The molecule has 0 aromatic rings. The molecule has 0 aliphatic carbocycles. The summed E-state index contributed by atoms with van der Waals surface area (Å²) in [6.07, 6.45) is 0.250. The second-order valence-electron chi connectivity index (χ2n) is 4.74. The van der Waals surface area contributed by atoms with Gasteiger partial charge in [0.15, 0.2) is 0 Å². The summed E-state index contributed by atoms with van der Waals surface area (Å²) in [7, 11) is 0. The fraction of sp³-hybridized carbons (Fsp3) is 0.600. The summed E-state index contributed by atoms with van der Waals surface area (Å²) in [4.78, 5) is 60.2. The van der Waals surface area contributed by atoms with Crippen LogP contribution in [0.4, 0.5) is 0 Å². The molecule has 0 amide bonds. The smallest absolute Gasteiger partial charge is 0.137 e. The van der Waals surface area contributed by atoms with Crippen molar-refractivity contribution in [3.05, 3.63) is 0 Å². The van der Waals surface area contributed by atoms with Gasteiger partial charge in [0.05, 0.1) is 19.3 Å². The van der Waals surface area contributed by atoms with Gasteiger partial charge in [-0.05, 0) is 41.5 Å². The average molecular weight is 364 g/mol. The van der Waals surface area contributed by atoms with E-state index in [9.17, 15) is 28.8 Å². The Morgan fingerprint density at radius 2 is 0.500 bits per heavy atom. The normalized spacial score (nSPS) is 7.91. The van der Waals surface area contributed by atoms with Gasteiger partial charge in [-0.1, -0.05) is 0 Å². The summed E-state index contributed by atoms with van der Waals surface area (Å²) in [6, 6.07) is 0. The quantitative estimate of drug-likeness (QED) is 0.525. The van der Waals surface area contributed by atoms with Gasteiger partial charge in [-0.3, -0.25) is 28.8 Å². The molecule has 0 N–H and O–H groups in total. The van der Waals surface area contributed by atoms with Crippen LogP contribution in [0.2, 0.25) is 0 Å². The Kier molecular flexibility index (Phi) is 22.9. The van der Waals surface area contributed by atoms with Crippen molar-refractivity contribution < 1.29 is 45.8 Å². The molecule has 0 aliphatic rings. The second-order valence-corrected chi connectivity index (χ2v) is 4.74. The van der Waals surface area contributed by atoms with E-state index in [1.807, 2.05) is 0 Å². The van der Waals surface area contributed by atoms with E-state index in [0.717, 1.165) is 0 Å². The Balaban J connectivity index is -0.000000108. The van der Waals surface area contributed by atoms with Crippen molar-refractivity contribution in [1.29, 1.82) is 0 Å². The molecule has 0 aliphatic heterocycles. The van der Waals surface area contributed by atoms with Crippen molar-refractivity contribution in [1.82, 2.24) is 0 Å². The van der Waals surface area contributed by atoms with Crippen LogP contribution in [-0.4, -0.2) is 34.7 Å². The Bertz CT molecular complexity index is 314. The van der Waals surface area contributed by atoms with E-state index in [1.54, 1.807) is 0 Å². The molecule has 0 aromatic carbocycles. The number of carbonyl (C=O) groups is 6. The van der Waals surface area contributed by atoms with Gasteiger partial charge in [0.25, 0.3) is 0 Å². The van der Waals surface area contributed by atoms with Crippen LogP contribution in [0.1, 0.15) is 60.8 Å². The SMILES string of the molecule is CC(=O)CC(C)=O.CC(=O)CC(C)=O.CC(=O)CC(C)=O.[Cu]. The van der Waals surface area contributed by atoms with Gasteiger partial charge >= 0.3 is 0 Å². The molecule has 22 heavy (non-hydrogen) atoms. The molecular weight excluding hydrogens is 340 g/mol. The van der Waals surface area contributed by atoms with Gasteiger partial charge < -0.3 is 0 Å². The molecule has 0 fully saturated rings. The molecule has 0 saturated heterocycles. The van der Waals surface area contributed by atoms with Crippen molar-refractivity contribution in [2.75, 3.05) is 0 Å². The van der Waals surface area contributed by atoms with Crippen molar-refractivity contribution in [3.8, 4) is 0 Å². The number of ketones is 6. The molecule has 0 aromatic heterocycles.